The van der Waals surface area contributed by atoms with Crippen molar-refractivity contribution in [2.24, 2.45) is 5.92 Å². The quantitative estimate of drug-likeness (QED) is 0.733. The van der Waals surface area contributed by atoms with Gasteiger partial charge in [-0.1, -0.05) is 0 Å². The van der Waals surface area contributed by atoms with Crippen LogP contribution in [0.15, 0.2) is 0 Å². The fraction of sp³-hybridized carbons (Fsp3) is 0.833. The smallest absolute Gasteiger partial charge is 0.240 e. The zero-order valence-electron chi connectivity index (χ0n) is 10.2. The summed E-state index contributed by atoms with van der Waals surface area (Å²) in [4.78, 5) is 13.5. The Labute approximate surface area is 106 Å². The van der Waals surface area contributed by atoms with Crippen molar-refractivity contribution in [1.82, 2.24) is 10.2 Å². The second-order valence-electron chi connectivity index (χ2n) is 5.04. The molecule has 0 saturated carbocycles. The van der Waals surface area contributed by atoms with Gasteiger partial charge in [0.2, 0.25) is 5.91 Å². The molecule has 2 aliphatic rings. The third-order valence-electron chi connectivity index (χ3n) is 3.74. The lowest BCUT2D eigenvalue weighted by Crippen LogP contribution is -2.45. The van der Waals surface area contributed by atoms with Gasteiger partial charge in [-0.25, -0.2) is 4.39 Å². The Morgan fingerprint density at radius 3 is 3.00 bits per heavy atom. The van der Waals surface area contributed by atoms with Gasteiger partial charge >= 0.3 is 0 Å². The van der Waals surface area contributed by atoms with Crippen LogP contribution in [0, 0.1) is 17.2 Å². The topological polar surface area (TPSA) is 76.4 Å². The molecule has 2 rings (SSSR count). The van der Waals surface area contributed by atoms with Crippen molar-refractivity contribution in [2.45, 2.75) is 37.5 Å². The molecule has 0 aromatic rings. The number of aliphatic hydroxyl groups is 1. The maximum Gasteiger partial charge on any atom is 0.240 e. The van der Waals surface area contributed by atoms with Crippen LogP contribution in [0.4, 0.5) is 4.39 Å². The first kappa shape index (κ1) is 13.2. The van der Waals surface area contributed by atoms with Gasteiger partial charge in [-0.05, 0) is 25.3 Å². The molecule has 2 N–H and O–H groups in total. The Morgan fingerprint density at radius 1 is 1.56 bits per heavy atom. The Balaban J connectivity index is 1.94. The highest BCUT2D eigenvalue weighted by molar-refractivity contribution is 5.83. The van der Waals surface area contributed by atoms with Crippen LogP contribution in [-0.4, -0.2) is 53.9 Å². The first-order chi connectivity index (χ1) is 8.65. The predicted octanol–water partition coefficient (Wildman–Crippen LogP) is -0.191. The first-order valence-corrected chi connectivity index (χ1v) is 6.34. The summed E-state index contributed by atoms with van der Waals surface area (Å²) in [5.41, 5.74) is 0. The van der Waals surface area contributed by atoms with Gasteiger partial charge in [0, 0.05) is 13.0 Å². The maximum absolute atomic E-state index is 13.3. The molecule has 0 radical (unpaired) electrons. The summed E-state index contributed by atoms with van der Waals surface area (Å²) in [6.07, 6.45) is 0.359. The molecule has 0 unspecified atom stereocenters. The molecule has 1 amide bonds. The minimum atomic E-state index is -1.09. The molecule has 0 aromatic carbocycles. The van der Waals surface area contributed by atoms with Crippen molar-refractivity contribution < 1.29 is 14.3 Å². The minimum Gasteiger partial charge on any atom is -0.396 e. The number of likely N-dealkylation sites (tertiary alicyclic amines) is 1. The highest BCUT2D eigenvalue weighted by Crippen LogP contribution is 2.24. The average Bonchev–Trinajstić information content (AvgIpc) is 2.95. The van der Waals surface area contributed by atoms with Crippen LogP contribution in [0.25, 0.3) is 0 Å². The number of carbonyl (C=O) groups is 1. The van der Waals surface area contributed by atoms with Gasteiger partial charge in [-0.2, -0.15) is 5.26 Å². The lowest BCUT2D eigenvalue weighted by Gasteiger charge is -2.23. The number of nitrogens with one attached hydrogen (secondary N) is 1. The molecule has 0 aromatic heterocycles. The molecular weight excluding hydrogens is 237 g/mol. The van der Waals surface area contributed by atoms with Gasteiger partial charge in [-0.3, -0.25) is 4.79 Å². The number of halogens is 1. The number of carbonyl (C=O) groups excluding carboxylic acids is 1. The van der Waals surface area contributed by atoms with Crippen LogP contribution in [0.5, 0.6) is 0 Å². The zero-order valence-corrected chi connectivity index (χ0v) is 10.2. The monoisotopic (exact) mass is 255 g/mol. The van der Waals surface area contributed by atoms with E-state index in [4.69, 9.17) is 10.4 Å². The van der Waals surface area contributed by atoms with Crippen molar-refractivity contribution in [3.8, 4) is 6.07 Å². The number of rotatable bonds is 3. The number of hydrogen-bond donors (Lipinski definition) is 2. The van der Waals surface area contributed by atoms with E-state index in [1.165, 1.54) is 4.90 Å². The van der Waals surface area contributed by atoms with E-state index >= 15 is 0 Å². The first-order valence-electron chi connectivity index (χ1n) is 6.34. The number of nitriles is 1. The van der Waals surface area contributed by atoms with Gasteiger partial charge in [0.1, 0.15) is 12.2 Å². The van der Waals surface area contributed by atoms with E-state index < -0.39 is 12.2 Å². The number of alkyl halides is 1. The highest BCUT2D eigenvalue weighted by Gasteiger charge is 2.40. The molecule has 18 heavy (non-hydrogen) atoms. The lowest BCUT2D eigenvalue weighted by atomic mass is 10.0. The SMILES string of the molecule is N#C[C@@H]1C[C@H](F)CN1C(=O)[C@@H]1C[C@H](CCO)CN1. The Morgan fingerprint density at radius 2 is 2.33 bits per heavy atom. The number of hydrogen-bond acceptors (Lipinski definition) is 4. The summed E-state index contributed by atoms with van der Waals surface area (Å²) < 4.78 is 13.3. The second-order valence-corrected chi connectivity index (χ2v) is 5.04. The van der Waals surface area contributed by atoms with Gasteiger partial charge in [0.25, 0.3) is 0 Å². The molecule has 5 nitrogen and oxygen atoms in total. The summed E-state index contributed by atoms with van der Waals surface area (Å²) in [7, 11) is 0. The number of amides is 1. The van der Waals surface area contributed by atoms with Crippen LogP contribution >= 0.6 is 0 Å². The minimum absolute atomic E-state index is 0.0277. The summed E-state index contributed by atoms with van der Waals surface area (Å²) in [5, 5.41) is 20.9. The fourth-order valence-electron chi connectivity index (χ4n) is 2.75. The van der Waals surface area contributed by atoms with Crippen molar-refractivity contribution in [3.05, 3.63) is 0 Å². The predicted molar refractivity (Wildman–Crippen MR) is 62.2 cm³/mol. The van der Waals surface area contributed by atoms with Crippen LogP contribution in [0.2, 0.25) is 0 Å². The van der Waals surface area contributed by atoms with Gasteiger partial charge < -0.3 is 15.3 Å². The lowest BCUT2D eigenvalue weighted by molar-refractivity contribution is -0.133. The molecule has 0 bridgehead atoms. The van der Waals surface area contributed by atoms with Gasteiger partial charge in [0.05, 0.1) is 18.7 Å². The Bertz CT molecular complexity index is 358. The molecule has 0 aliphatic carbocycles. The number of nitrogens with zero attached hydrogens (tertiary/aromatic N) is 2. The maximum atomic E-state index is 13.3. The van der Waals surface area contributed by atoms with E-state index in [1.807, 2.05) is 6.07 Å². The molecular formula is C12H18FN3O2. The van der Waals surface area contributed by atoms with E-state index in [-0.39, 0.29) is 37.4 Å². The average molecular weight is 255 g/mol. The van der Waals surface area contributed by atoms with Crippen LogP contribution < -0.4 is 5.32 Å². The molecule has 2 heterocycles. The van der Waals surface area contributed by atoms with E-state index in [0.717, 1.165) is 0 Å². The normalized spacial score (nSPS) is 35.7. The molecule has 2 aliphatic heterocycles. The third-order valence-corrected chi connectivity index (χ3v) is 3.74. The third kappa shape index (κ3) is 2.62. The van der Waals surface area contributed by atoms with Crippen molar-refractivity contribution in [3.63, 3.8) is 0 Å². The molecule has 2 fully saturated rings. The second kappa shape index (κ2) is 5.63. The van der Waals surface area contributed by atoms with Crippen molar-refractivity contribution in [1.29, 1.82) is 5.26 Å². The highest BCUT2D eigenvalue weighted by atomic mass is 19.1. The van der Waals surface area contributed by atoms with Gasteiger partial charge in [0.15, 0.2) is 0 Å². The molecule has 4 atom stereocenters. The fourth-order valence-corrected chi connectivity index (χ4v) is 2.75. The van der Waals surface area contributed by atoms with E-state index in [1.54, 1.807) is 0 Å². The number of aliphatic hydroxyl groups excluding tert-OH is 1. The van der Waals surface area contributed by atoms with Crippen molar-refractivity contribution in [2.75, 3.05) is 19.7 Å². The van der Waals surface area contributed by atoms with Crippen LogP contribution in [0.3, 0.4) is 0 Å². The summed E-state index contributed by atoms with van der Waals surface area (Å²) in [6.45, 7) is 0.839. The summed E-state index contributed by atoms with van der Waals surface area (Å²) in [6, 6.07) is 1.02. The standard InChI is InChI=1S/C12H18FN3O2/c13-9-4-10(5-14)16(7-9)12(18)11-3-8(1-2-17)6-15-11/h8-11,15,17H,1-4,6-7H2/t8-,9-,10-,11-/m0/s1. The Hall–Kier alpha value is -1.19. The Kier molecular flexibility index (Phi) is 4.15. The summed E-state index contributed by atoms with van der Waals surface area (Å²) >= 11 is 0. The largest absolute Gasteiger partial charge is 0.396 e. The molecule has 0 spiro atoms. The van der Waals surface area contributed by atoms with Crippen LogP contribution in [0.1, 0.15) is 19.3 Å². The summed E-state index contributed by atoms with van der Waals surface area (Å²) in [5.74, 6) is 0.107. The molecule has 100 valence electrons. The zero-order chi connectivity index (χ0) is 13.1. The molecule has 2 saturated heterocycles. The van der Waals surface area contributed by atoms with E-state index in [9.17, 15) is 9.18 Å². The van der Waals surface area contributed by atoms with Crippen LogP contribution in [-0.2, 0) is 4.79 Å². The van der Waals surface area contributed by atoms with Gasteiger partial charge in [-0.15, -0.1) is 0 Å². The molecule has 6 heteroatoms. The van der Waals surface area contributed by atoms with Crippen molar-refractivity contribution >= 4 is 5.91 Å². The van der Waals surface area contributed by atoms with E-state index in [0.29, 0.717) is 19.4 Å². The van der Waals surface area contributed by atoms with E-state index in [2.05, 4.69) is 5.32 Å².